The minimum atomic E-state index is -0.375. The van der Waals surface area contributed by atoms with Crippen LogP contribution in [0.2, 0.25) is 0 Å². The summed E-state index contributed by atoms with van der Waals surface area (Å²) in [7, 11) is 3.56. The maximum Gasteiger partial charge on any atom is 0.406 e. The average molecular weight is 393 g/mol. The molecule has 1 unspecified atom stereocenters. The van der Waals surface area contributed by atoms with Crippen LogP contribution in [0.15, 0.2) is 24.3 Å². The van der Waals surface area contributed by atoms with Gasteiger partial charge >= 0.3 is 6.09 Å². The van der Waals surface area contributed by atoms with Crippen molar-refractivity contribution in [1.82, 2.24) is 15.1 Å². The Labute approximate surface area is 171 Å². The van der Waals surface area contributed by atoms with E-state index in [1.165, 1.54) is 24.8 Å². The topological polar surface area (TPSA) is 48.1 Å². The van der Waals surface area contributed by atoms with E-state index in [2.05, 4.69) is 83.8 Å². The van der Waals surface area contributed by atoms with E-state index in [-0.39, 0.29) is 6.09 Å². The summed E-state index contributed by atoms with van der Waals surface area (Å²) in [6.45, 7) is 15.3. The molecule has 6 heteroatoms. The molecule has 0 aromatic heterocycles. The number of rotatable bonds is 7. The minimum Gasteiger partial charge on any atom is -0.453 e. The molecule has 0 bridgehead atoms. The Hall–Kier alpha value is -1.79. The molecule has 0 spiro atoms. The van der Waals surface area contributed by atoms with Gasteiger partial charge in [0.2, 0.25) is 0 Å². The number of hydrogen-bond acceptors (Lipinski definition) is 5. The maximum absolute atomic E-state index is 11.2. The predicted molar refractivity (Wildman–Crippen MR) is 118 cm³/mol. The lowest BCUT2D eigenvalue weighted by atomic mass is 10.1. The summed E-state index contributed by atoms with van der Waals surface area (Å²) >= 11 is 0. The number of nitrogens with one attached hydrogen (secondary N) is 1. The molecular weight excluding hydrogens is 352 g/mol. The Kier molecular flexibility index (Phi) is 11.6. The lowest BCUT2D eigenvalue weighted by Gasteiger charge is -2.34. The van der Waals surface area contributed by atoms with Gasteiger partial charge in [-0.3, -0.25) is 4.90 Å². The van der Waals surface area contributed by atoms with Crippen molar-refractivity contribution >= 4 is 11.8 Å². The van der Waals surface area contributed by atoms with Crippen molar-refractivity contribution in [3.8, 4) is 0 Å². The van der Waals surface area contributed by atoms with Gasteiger partial charge in [-0.1, -0.05) is 39.3 Å². The summed E-state index contributed by atoms with van der Waals surface area (Å²) in [6, 6.07) is 9.24. The fourth-order valence-electron chi connectivity index (χ4n) is 3.24. The summed E-state index contributed by atoms with van der Waals surface area (Å²) in [5, 5.41) is 2.75. The fourth-order valence-corrected chi connectivity index (χ4v) is 3.24. The largest absolute Gasteiger partial charge is 0.453 e. The van der Waals surface area contributed by atoms with Crippen molar-refractivity contribution < 1.29 is 9.53 Å². The van der Waals surface area contributed by atoms with E-state index in [1.807, 2.05) is 0 Å². The molecule has 1 atom stereocenters. The van der Waals surface area contributed by atoms with Gasteiger partial charge in [0.25, 0.3) is 0 Å². The van der Waals surface area contributed by atoms with Crippen molar-refractivity contribution in [2.75, 3.05) is 64.9 Å². The van der Waals surface area contributed by atoms with Crippen molar-refractivity contribution in [2.45, 2.75) is 40.2 Å². The van der Waals surface area contributed by atoms with Crippen LogP contribution in [-0.4, -0.2) is 75.9 Å². The molecule has 0 aliphatic carbocycles. The molecular formula is C22H40N4O2. The van der Waals surface area contributed by atoms with Crippen LogP contribution in [0.3, 0.4) is 0 Å². The van der Waals surface area contributed by atoms with Gasteiger partial charge < -0.3 is 19.9 Å². The minimum absolute atomic E-state index is 0.311. The number of likely N-dealkylation sites (N-methyl/N-ethyl adjacent to an activating group) is 2. The van der Waals surface area contributed by atoms with Gasteiger partial charge in [-0.2, -0.15) is 0 Å². The van der Waals surface area contributed by atoms with Gasteiger partial charge in [0, 0.05) is 51.0 Å². The summed E-state index contributed by atoms with van der Waals surface area (Å²) < 4.78 is 4.61. The van der Waals surface area contributed by atoms with Gasteiger partial charge in [0.05, 0.1) is 7.11 Å². The average Bonchev–Trinajstić information content (AvgIpc) is 2.72. The van der Waals surface area contributed by atoms with Crippen molar-refractivity contribution in [1.29, 1.82) is 0 Å². The van der Waals surface area contributed by atoms with Gasteiger partial charge in [-0.05, 0) is 38.2 Å². The number of alkyl carbamates (subject to hydrolysis) is 1. The van der Waals surface area contributed by atoms with E-state index in [0.717, 1.165) is 39.3 Å². The third-order valence-corrected chi connectivity index (χ3v) is 5.05. The molecule has 0 saturated carbocycles. The van der Waals surface area contributed by atoms with Crippen molar-refractivity contribution in [3.05, 3.63) is 29.8 Å². The third-order valence-electron chi connectivity index (χ3n) is 5.05. The molecule has 1 aliphatic heterocycles. The number of benzene rings is 1. The number of piperazine rings is 1. The van der Waals surface area contributed by atoms with Gasteiger partial charge in [0.1, 0.15) is 0 Å². The number of ether oxygens (including phenoxy) is 1. The van der Waals surface area contributed by atoms with E-state index in [0.29, 0.717) is 12.6 Å². The second kappa shape index (κ2) is 13.4. The van der Waals surface area contributed by atoms with Crippen LogP contribution < -0.4 is 10.2 Å². The monoisotopic (exact) mass is 392 g/mol. The first kappa shape index (κ1) is 24.2. The highest BCUT2D eigenvalue weighted by Gasteiger charge is 2.17. The molecule has 160 valence electrons. The zero-order valence-corrected chi connectivity index (χ0v) is 18.7. The van der Waals surface area contributed by atoms with Gasteiger partial charge in [-0.15, -0.1) is 0 Å². The molecule has 2 rings (SSSR count). The zero-order chi connectivity index (χ0) is 20.9. The van der Waals surface area contributed by atoms with Crippen LogP contribution in [-0.2, 0) is 4.74 Å². The highest BCUT2D eigenvalue weighted by Crippen LogP contribution is 2.23. The molecule has 0 radical (unpaired) electrons. The van der Waals surface area contributed by atoms with Crippen LogP contribution in [0.4, 0.5) is 10.5 Å². The Bertz CT molecular complexity index is 542. The predicted octanol–water partition coefficient (Wildman–Crippen LogP) is 3.59. The van der Waals surface area contributed by atoms with E-state index >= 15 is 0 Å². The molecule has 1 fully saturated rings. The number of amides is 1. The lowest BCUT2D eigenvalue weighted by Crippen LogP contribution is -2.44. The molecule has 1 saturated heterocycles. The van der Waals surface area contributed by atoms with E-state index in [4.69, 9.17) is 0 Å². The third kappa shape index (κ3) is 8.07. The Morgan fingerprint density at radius 3 is 2.21 bits per heavy atom. The zero-order valence-electron chi connectivity index (χ0n) is 18.7. The van der Waals surface area contributed by atoms with Gasteiger partial charge in [0.15, 0.2) is 0 Å². The highest BCUT2D eigenvalue weighted by atomic mass is 16.5. The summed E-state index contributed by atoms with van der Waals surface area (Å²) in [5.41, 5.74) is 2.61. The summed E-state index contributed by atoms with van der Waals surface area (Å²) in [6.07, 6.45) is 0.875. The van der Waals surface area contributed by atoms with Crippen LogP contribution in [0.25, 0.3) is 0 Å². The Morgan fingerprint density at radius 1 is 1.14 bits per heavy atom. The molecule has 1 aromatic rings. The molecule has 1 N–H and O–H groups in total. The van der Waals surface area contributed by atoms with E-state index in [9.17, 15) is 4.79 Å². The second-order valence-electron chi connectivity index (χ2n) is 7.31. The summed E-state index contributed by atoms with van der Waals surface area (Å²) in [4.78, 5) is 18.3. The van der Waals surface area contributed by atoms with Crippen LogP contribution >= 0.6 is 0 Å². The van der Waals surface area contributed by atoms with Gasteiger partial charge in [-0.25, -0.2) is 4.79 Å². The number of methoxy groups -OCH3 is 1. The SMILES string of the molecule is CCC.CCN(CCNC(=O)OC)C(C)c1ccc(N2CCN(C)CC2)cc1. The number of anilines is 1. The number of nitrogens with zero attached hydrogens (tertiary/aromatic N) is 3. The summed E-state index contributed by atoms with van der Waals surface area (Å²) in [5.74, 6) is 0. The maximum atomic E-state index is 11.2. The quantitative estimate of drug-likeness (QED) is 0.768. The molecule has 28 heavy (non-hydrogen) atoms. The molecule has 1 heterocycles. The van der Waals surface area contributed by atoms with Crippen molar-refractivity contribution in [3.63, 3.8) is 0 Å². The first-order valence-electron chi connectivity index (χ1n) is 10.6. The van der Waals surface area contributed by atoms with Crippen LogP contribution in [0, 0.1) is 0 Å². The van der Waals surface area contributed by atoms with Crippen LogP contribution in [0.5, 0.6) is 0 Å². The lowest BCUT2D eigenvalue weighted by molar-refractivity contribution is 0.165. The molecule has 1 amide bonds. The second-order valence-corrected chi connectivity index (χ2v) is 7.31. The Balaban J connectivity index is 0.00000122. The first-order valence-corrected chi connectivity index (χ1v) is 10.6. The molecule has 6 nitrogen and oxygen atoms in total. The number of hydrogen-bond donors (Lipinski definition) is 1. The normalized spacial score (nSPS) is 15.6. The molecule has 1 aliphatic rings. The van der Waals surface area contributed by atoms with Crippen molar-refractivity contribution in [2.24, 2.45) is 0 Å². The molecule has 1 aromatic carbocycles. The fraction of sp³-hybridized carbons (Fsp3) is 0.682. The highest BCUT2D eigenvalue weighted by molar-refractivity contribution is 5.66. The smallest absolute Gasteiger partial charge is 0.406 e. The number of carbonyl (C=O) groups excluding carboxylic acids is 1. The standard InChI is InChI=1S/C19H32N4O2.C3H8/c1-5-22(11-10-20-19(24)25-4)16(2)17-6-8-18(9-7-17)23-14-12-21(3)13-15-23;1-3-2/h6-9,16H,5,10-15H2,1-4H3,(H,20,24);3H2,1-2H3. The Morgan fingerprint density at radius 2 is 1.71 bits per heavy atom. The van der Waals surface area contributed by atoms with E-state index < -0.39 is 0 Å². The number of carbonyl (C=O) groups is 1. The first-order chi connectivity index (χ1) is 13.5. The van der Waals surface area contributed by atoms with E-state index in [1.54, 1.807) is 0 Å². The van der Waals surface area contributed by atoms with Crippen LogP contribution in [0.1, 0.15) is 45.7 Å².